The van der Waals surface area contributed by atoms with Crippen molar-refractivity contribution in [2.75, 3.05) is 26.6 Å². The number of hydrogen-bond donors (Lipinski definition) is 1. The molecule has 0 bridgehead atoms. The Morgan fingerprint density at radius 1 is 0.970 bits per heavy atom. The minimum atomic E-state index is -0.388. The van der Waals surface area contributed by atoms with Gasteiger partial charge < -0.3 is 24.1 Å². The van der Waals surface area contributed by atoms with E-state index in [0.29, 0.717) is 36.0 Å². The van der Waals surface area contributed by atoms with Crippen molar-refractivity contribution in [2.45, 2.75) is 31.6 Å². The smallest absolute Gasteiger partial charge is 0.233 e. The average molecular weight is 447 g/mol. The van der Waals surface area contributed by atoms with Gasteiger partial charge in [-0.2, -0.15) is 0 Å². The topological polar surface area (TPSA) is 82.8 Å². The number of aryl methyl sites for hydroxylation is 1. The number of anilines is 1. The maximum absolute atomic E-state index is 13.7. The van der Waals surface area contributed by atoms with E-state index < -0.39 is 0 Å². The first-order chi connectivity index (χ1) is 16.1. The van der Waals surface area contributed by atoms with E-state index >= 15 is 0 Å². The number of carbonyl (C=O) groups excluding carboxylic acids is 1. The van der Waals surface area contributed by atoms with Gasteiger partial charge in [0.25, 0.3) is 0 Å². The molecule has 7 nitrogen and oxygen atoms in total. The molecule has 3 aromatic rings. The standard InChI is InChI=1S/C26H26N2O5/c1-14-21-22(17-10-11-20(30-2)25(32-4)24(17)31-3)23-18(27-26(21)33-28-14)12-16(13-19(23)29)15-8-6-5-7-9-15/h5-11,16,22,27H,12-13H2,1-4H3/t16-,22-/m0/s1. The van der Waals surface area contributed by atoms with Crippen molar-refractivity contribution in [3.05, 3.63) is 76.1 Å². The van der Waals surface area contributed by atoms with Gasteiger partial charge in [-0.3, -0.25) is 4.79 Å². The number of nitrogens with one attached hydrogen (secondary N) is 1. The number of allylic oxidation sites excluding steroid dienone is 2. The molecule has 0 saturated carbocycles. The Labute approximate surface area is 192 Å². The predicted octanol–water partition coefficient (Wildman–Crippen LogP) is 4.97. The number of rotatable bonds is 5. The summed E-state index contributed by atoms with van der Waals surface area (Å²) in [6.07, 6.45) is 1.15. The first-order valence-electron chi connectivity index (χ1n) is 10.9. The van der Waals surface area contributed by atoms with Crippen LogP contribution in [0.25, 0.3) is 0 Å². The third-order valence-electron chi connectivity index (χ3n) is 6.57. The van der Waals surface area contributed by atoms with Gasteiger partial charge >= 0.3 is 0 Å². The van der Waals surface area contributed by atoms with Gasteiger partial charge in [-0.15, -0.1) is 0 Å². The Bertz CT molecular complexity index is 1250. The van der Waals surface area contributed by atoms with Gasteiger partial charge in [0.15, 0.2) is 17.3 Å². The summed E-state index contributed by atoms with van der Waals surface area (Å²) in [7, 11) is 4.75. The molecule has 0 unspecified atom stereocenters. The van der Waals surface area contributed by atoms with Gasteiger partial charge in [-0.25, -0.2) is 0 Å². The summed E-state index contributed by atoms with van der Waals surface area (Å²) >= 11 is 0. The average Bonchev–Trinajstić information content (AvgIpc) is 3.22. The van der Waals surface area contributed by atoms with Gasteiger partial charge in [0, 0.05) is 23.3 Å². The Morgan fingerprint density at radius 3 is 2.42 bits per heavy atom. The number of hydrogen-bond acceptors (Lipinski definition) is 7. The number of Topliss-reactive ketones (excluding diaryl/α,β-unsaturated/α-hetero) is 1. The molecule has 170 valence electrons. The fourth-order valence-corrected chi connectivity index (χ4v) is 5.10. The second-order valence-electron chi connectivity index (χ2n) is 8.32. The van der Waals surface area contributed by atoms with E-state index in [1.54, 1.807) is 21.3 Å². The molecular weight excluding hydrogens is 420 g/mol. The Hall–Kier alpha value is -3.74. The van der Waals surface area contributed by atoms with E-state index in [0.717, 1.165) is 33.7 Å². The van der Waals surface area contributed by atoms with Crippen LogP contribution in [0.3, 0.4) is 0 Å². The lowest BCUT2D eigenvalue weighted by molar-refractivity contribution is -0.116. The van der Waals surface area contributed by atoms with Crippen LogP contribution in [-0.4, -0.2) is 32.3 Å². The minimum absolute atomic E-state index is 0.100. The third kappa shape index (κ3) is 3.35. The molecular formula is C26H26N2O5. The summed E-state index contributed by atoms with van der Waals surface area (Å²) in [5.74, 6) is 1.95. The maximum Gasteiger partial charge on any atom is 0.233 e. The Balaban J connectivity index is 1.69. The molecule has 2 atom stereocenters. The van der Waals surface area contributed by atoms with E-state index in [4.69, 9.17) is 18.7 Å². The number of benzene rings is 2. The SMILES string of the molecule is COc1ccc([C@@H]2C3=C(C[C@H](c4ccccc4)CC3=O)Nc3onc(C)c32)c(OC)c1OC. The molecule has 7 heteroatoms. The summed E-state index contributed by atoms with van der Waals surface area (Å²) in [6.45, 7) is 1.88. The molecule has 5 rings (SSSR count). The monoisotopic (exact) mass is 446 g/mol. The number of fused-ring (bicyclic) bond motifs is 1. The zero-order chi connectivity index (χ0) is 23.1. The van der Waals surface area contributed by atoms with Crippen LogP contribution in [0.15, 0.2) is 58.3 Å². The number of aromatic nitrogens is 1. The molecule has 0 spiro atoms. The Kier molecular flexibility index (Phi) is 5.32. The highest BCUT2D eigenvalue weighted by atomic mass is 16.5. The number of nitrogens with zero attached hydrogens (tertiary/aromatic N) is 1. The van der Waals surface area contributed by atoms with E-state index in [2.05, 4.69) is 22.6 Å². The van der Waals surface area contributed by atoms with Crippen molar-refractivity contribution in [1.82, 2.24) is 5.16 Å². The fraction of sp³-hybridized carbons (Fsp3) is 0.308. The van der Waals surface area contributed by atoms with Crippen LogP contribution >= 0.6 is 0 Å². The first kappa shape index (κ1) is 21.1. The number of methoxy groups -OCH3 is 3. The van der Waals surface area contributed by atoms with Gasteiger partial charge in [-0.05, 0) is 30.9 Å². The summed E-state index contributed by atoms with van der Waals surface area (Å²) in [5, 5.41) is 7.56. The van der Waals surface area contributed by atoms with Crippen LogP contribution in [0.5, 0.6) is 17.2 Å². The van der Waals surface area contributed by atoms with Gasteiger partial charge in [0.05, 0.1) is 38.5 Å². The quantitative estimate of drug-likeness (QED) is 0.593. The van der Waals surface area contributed by atoms with Gasteiger partial charge in [-0.1, -0.05) is 41.6 Å². The molecule has 0 saturated heterocycles. The van der Waals surface area contributed by atoms with Gasteiger partial charge in [0.2, 0.25) is 11.6 Å². The summed E-state index contributed by atoms with van der Waals surface area (Å²) < 4.78 is 22.5. The van der Waals surface area contributed by atoms with Crippen molar-refractivity contribution in [1.29, 1.82) is 0 Å². The number of carbonyl (C=O) groups is 1. The molecule has 1 aromatic heterocycles. The number of ether oxygens (including phenoxy) is 3. The van der Waals surface area contributed by atoms with Crippen LogP contribution in [-0.2, 0) is 4.79 Å². The first-order valence-corrected chi connectivity index (χ1v) is 10.9. The van der Waals surface area contributed by atoms with Crippen LogP contribution < -0.4 is 19.5 Å². The lowest BCUT2D eigenvalue weighted by Gasteiger charge is -2.35. The Morgan fingerprint density at radius 2 is 1.73 bits per heavy atom. The highest BCUT2D eigenvalue weighted by molar-refractivity contribution is 6.01. The van der Waals surface area contributed by atoms with Crippen LogP contribution in [0.2, 0.25) is 0 Å². The largest absolute Gasteiger partial charge is 0.493 e. The molecule has 0 amide bonds. The van der Waals surface area contributed by atoms with Crippen molar-refractivity contribution in [3.63, 3.8) is 0 Å². The van der Waals surface area contributed by atoms with Crippen LogP contribution in [0, 0.1) is 6.92 Å². The normalized spacial score (nSPS) is 19.5. The van der Waals surface area contributed by atoms with Crippen molar-refractivity contribution in [3.8, 4) is 17.2 Å². The van der Waals surface area contributed by atoms with E-state index in [1.165, 1.54) is 0 Å². The molecule has 1 N–H and O–H groups in total. The lowest BCUT2D eigenvalue weighted by Crippen LogP contribution is -2.29. The third-order valence-corrected chi connectivity index (χ3v) is 6.57. The summed E-state index contributed by atoms with van der Waals surface area (Å²) in [6, 6.07) is 13.9. The maximum atomic E-state index is 13.7. The molecule has 0 fully saturated rings. The highest BCUT2D eigenvalue weighted by Crippen LogP contribution is 2.53. The highest BCUT2D eigenvalue weighted by Gasteiger charge is 2.42. The van der Waals surface area contributed by atoms with E-state index in [1.807, 2.05) is 37.3 Å². The molecule has 2 aliphatic rings. The molecule has 33 heavy (non-hydrogen) atoms. The molecule has 1 aliphatic carbocycles. The second kappa shape index (κ2) is 8.31. The van der Waals surface area contributed by atoms with E-state index in [-0.39, 0.29) is 17.6 Å². The molecule has 1 aliphatic heterocycles. The molecule has 2 aromatic carbocycles. The molecule has 2 heterocycles. The predicted molar refractivity (Wildman–Crippen MR) is 123 cm³/mol. The van der Waals surface area contributed by atoms with Crippen LogP contribution in [0.4, 0.5) is 5.88 Å². The second-order valence-corrected chi connectivity index (χ2v) is 8.32. The zero-order valence-electron chi connectivity index (χ0n) is 19.1. The van der Waals surface area contributed by atoms with E-state index in [9.17, 15) is 4.79 Å². The van der Waals surface area contributed by atoms with Crippen molar-refractivity contribution < 1.29 is 23.5 Å². The van der Waals surface area contributed by atoms with Crippen molar-refractivity contribution in [2.24, 2.45) is 0 Å². The lowest BCUT2D eigenvalue weighted by atomic mass is 9.72. The summed E-state index contributed by atoms with van der Waals surface area (Å²) in [5.41, 5.74) is 5.12. The van der Waals surface area contributed by atoms with Crippen molar-refractivity contribution >= 4 is 11.7 Å². The minimum Gasteiger partial charge on any atom is -0.493 e. The fourth-order valence-electron chi connectivity index (χ4n) is 5.10. The van der Waals surface area contributed by atoms with Crippen LogP contribution in [0.1, 0.15) is 47.1 Å². The zero-order valence-corrected chi connectivity index (χ0v) is 19.1. The number of ketones is 1. The summed E-state index contributed by atoms with van der Waals surface area (Å²) in [4.78, 5) is 13.7. The molecule has 0 radical (unpaired) electrons. The van der Waals surface area contributed by atoms with Gasteiger partial charge in [0.1, 0.15) is 0 Å².